The predicted molar refractivity (Wildman–Crippen MR) is 102 cm³/mol. The van der Waals surface area contributed by atoms with Crippen molar-refractivity contribution in [1.29, 1.82) is 0 Å². The van der Waals surface area contributed by atoms with Crippen LogP contribution in [-0.2, 0) is 9.59 Å². The summed E-state index contributed by atoms with van der Waals surface area (Å²) in [5, 5.41) is 16.5. The molecule has 144 valence electrons. The van der Waals surface area contributed by atoms with Crippen molar-refractivity contribution in [3.8, 4) is 5.19 Å². The molecule has 7 nitrogen and oxygen atoms in total. The van der Waals surface area contributed by atoms with Crippen LogP contribution in [0.5, 0.6) is 5.19 Å². The third kappa shape index (κ3) is 5.05. The zero-order valence-electron chi connectivity index (χ0n) is 14.9. The van der Waals surface area contributed by atoms with Gasteiger partial charge in [-0.25, -0.2) is 14.6 Å². The van der Waals surface area contributed by atoms with E-state index in [4.69, 9.17) is 14.9 Å². The highest BCUT2D eigenvalue weighted by atomic mass is 32.1. The quantitative estimate of drug-likeness (QED) is 0.774. The molecule has 2 unspecified atom stereocenters. The maximum atomic E-state index is 9.55. The van der Waals surface area contributed by atoms with Crippen LogP contribution in [0.1, 0.15) is 25.7 Å². The van der Waals surface area contributed by atoms with Crippen LogP contribution in [0.3, 0.4) is 0 Å². The number of piperidine rings is 1. The van der Waals surface area contributed by atoms with E-state index in [1.165, 1.54) is 17.5 Å². The van der Waals surface area contributed by atoms with Gasteiger partial charge < -0.3 is 19.8 Å². The monoisotopic (exact) mass is 390 g/mol. The number of thiazole rings is 1. The fourth-order valence-corrected chi connectivity index (χ4v) is 4.53. The van der Waals surface area contributed by atoms with E-state index in [9.17, 15) is 9.59 Å². The van der Waals surface area contributed by atoms with Crippen molar-refractivity contribution in [1.82, 2.24) is 9.88 Å². The molecule has 2 atom stereocenters. The van der Waals surface area contributed by atoms with E-state index in [-0.39, 0.29) is 0 Å². The van der Waals surface area contributed by atoms with Gasteiger partial charge in [0, 0.05) is 24.2 Å². The summed E-state index contributed by atoms with van der Waals surface area (Å²) in [5.74, 6) is -2.51. The molecule has 2 fully saturated rings. The number of aliphatic carboxylic acids is 2. The molecule has 0 radical (unpaired) electrons. The normalized spacial score (nSPS) is 24.6. The number of aromatic nitrogens is 1. The van der Waals surface area contributed by atoms with Crippen LogP contribution in [0.15, 0.2) is 36.4 Å². The van der Waals surface area contributed by atoms with Crippen molar-refractivity contribution >= 4 is 33.5 Å². The minimum Gasteiger partial charge on any atom is -0.478 e. The molecular formula is C19H22N2O5S. The van der Waals surface area contributed by atoms with Crippen LogP contribution in [0.25, 0.3) is 10.2 Å². The van der Waals surface area contributed by atoms with Gasteiger partial charge in [-0.15, -0.1) is 0 Å². The van der Waals surface area contributed by atoms with Gasteiger partial charge in [-0.05, 0) is 44.9 Å². The topological polar surface area (TPSA) is 100.0 Å². The largest absolute Gasteiger partial charge is 0.478 e. The average Bonchev–Trinajstić information content (AvgIpc) is 3.10. The van der Waals surface area contributed by atoms with Gasteiger partial charge in [0.05, 0.1) is 10.2 Å². The molecule has 2 bridgehead atoms. The Kier molecular flexibility index (Phi) is 6.08. The Labute approximate surface area is 160 Å². The molecule has 0 saturated carbocycles. The van der Waals surface area contributed by atoms with E-state index in [1.807, 2.05) is 6.07 Å². The van der Waals surface area contributed by atoms with Gasteiger partial charge in [-0.3, -0.25) is 0 Å². The highest BCUT2D eigenvalue weighted by Gasteiger charge is 2.39. The number of benzene rings is 1. The van der Waals surface area contributed by atoms with Gasteiger partial charge in [0.15, 0.2) is 0 Å². The average molecular weight is 390 g/mol. The number of fused-ring (bicyclic) bond motifs is 3. The smallest absolute Gasteiger partial charge is 0.328 e. The fraction of sp³-hybridized carbons (Fsp3) is 0.421. The second kappa shape index (κ2) is 8.49. The molecule has 8 heteroatoms. The Morgan fingerprint density at radius 1 is 1.15 bits per heavy atom. The number of carboxylic acid groups (broad SMARTS) is 2. The third-order valence-electron chi connectivity index (χ3n) is 4.97. The van der Waals surface area contributed by atoms with E-state index < -0.39 is 11.9 Å². The molecule has 3 heterocycles. The van der Waals surface area contributed by atoms with Gasteiger partial charge in [0.2, 0.25) is 0 Å². The number of ether oxygens (including phenoxy) is 1. The SMILES string of the molecule is CN1C2CCC1CC(Oc1nc3ccccc3s1)C2.O=C(O)/C=C/C(=O)O. The number of hydrogen-bond donors (Lipinski definition) is 2. The molecule has 2 N–H and O–H groups in total. The highest BCUT2D eigenvalue weighted by molar-refractivity contribution is 7.20. The van der Waals surface area contributed by atoms with Gasteiger partial charge in [0.25, 0.3) is 5.19 Å². The summed E-state index contributed by atoms with van der Waals surface area (Å²) in [4.78, 5) is 26.2. The zero-order chi connectivity index (χ0) is 19.4. The molecule has 0 amide bonds. The maximum Gasteiger partial charge on any atom is 0.328 e. The van der Waals surface area contributed by atoms with E-state index in [0.717, 1.165) is 35.6 Å². The zero-order valence-corrected chi connectivity index (χ0v) is 15.8. The molecule has 2 saturated heterocycles. The lowest BCUT2D eigenvalue weighted by Gasteiger charge is -2.35. The molecule has 27 heavy (non-hydrogen) atoms. The van der Waals surface area contributed by atoms with Crippen molar-refractivity contribution < 1.29 is 24.5 Å². The molecule has 2 aliphatic heterocycles. The summed E-state index contributed by atoms with van der Waals surface area (Å²) < 4.78 is 7.37. The standard InChI is InChI=1S/C15H18N2OS.C4H4O4/c1-17-10-6-7-11(17)9-12(8-10)18-15-16-13-4-2-3-5-14(13)19-15;5-3(6)1-2-4(7)8/h2-5,10-12H,6-9H2,1H3;1-2H,(H,5,6)(H,7,8)/b;2-1+. The number of hydrogen-bond acceptors (Lipinski definition) is 6. The van der Waals surface area contributed by atoms with Crippen molar-refractivity contribution in [2.24, 2.45) is 0 Å². The fourth-order valence-electron chi connectivity index (χ4n) is 3.64. The van der Waals surface area contributed by atoms with E-state index in [0.29, 0.717) is 18.3 Å². The Balaban J connectivity index is 0.000000226. The van der Waals surface area contributed by atoms with E-state index in [1.54, 1.807) is 11.3 Å². The van der Waals surface area contributed by atoms with Crippen LogP contribution in [0.2, 0.25) is 0 Å². The first-order valence-corrected chi connectivity index (χ1v) is 9.62. The number of nitrogens with zero attached hydrogens (tertiary/aromatic N) is 2. The highest BCUT2D eigenvalue weighted by Crippen LogP contribution is 2.37. The molecular weight excluding hydrogens is 368 g/mol. The first-order valence-electron chi connectivity index (χ1n) is 8.80. The first kappa shape index (κ1) is 19.3. The molecule has 2 aromatic rings. The van der Waals surface area contributed by atoms with Crippen LogP contribution in [0.4, 0.5) is 0 Å². The van der Waals surface area contributed by atoms with Gasteiger partial charge in [-0.1, -0.05) is 23.5 Å². The molecule has 0 spiro atoms. The molecule has 4 rings (SSSR count). The van der Waals surface area contributed by atoms with Crippen LogP contribution >= 0.6 is 11.3 Å². The molecule has 1 aromatic carbocycles. The Morgan fingerprint density at radius 3 is 2.30 bits per heavy atom. The Hall–Kier alpha value is -2.45. The summed E-state index contributed by atoms with van der Waals surface area (Å²) in [7, 11) is 2.26. The minimum atomic E-state index is -1.26. The summed E-state index contributed by atoms with van der Waals surface area (Å²) in [6.07, 6.45) is 6.45. The van der Waals surface area contributed by atoms with Gasteiger partial charge in [-0.2, -0.15) is 0 Å². The Morgan fingerprint density at radius 2 is 1.74 bits per heavy atom. The Bertz CT molecular complexity index is 786. The minimum absolute atomic E-state index is 0.356. The summed E-state index contributed by atoms with van der Waals surface area (Å²) in [6.45, 7) is 0. The molecule has 1 aromatic heterocycles. The predicted octanol–water partition coefficient (Wildman–Crippen LogP) is 3.01. The van der Waals surface area contributed by atoms with E-state index >= 15 is 0 Å². The first-order chi connectivity index (χ1) is 12.9. The molecule has 2 aliphatic rings. The van der Waals surface area contributed by atoms with Crippen LogP contribution in [0, 0.1) is 0 Å². The van der Waals surface area contributed by atoms with Crippen LogP contribution < -0.4 is 4.74 Å². The number of rotatable bonds is 4. The van der Waals surface area contributed by atoms with Gasteiger partial charge in [0.1, 0.15) is 6.10 Å². The second-order valence-electron chi connectivity index (χ2n) is 6.72. The van der Waals surface area contributed by atoms with E-state index in [2.05, 4.69) is 35.1 Å². The summed E-state index contributed by atoms with van der Waals surface area (Å²) in [5.41, 5.74) is 1.05. The molecule has 0 aliphatic carbocycles. The number of para-hydroxylation sites is 1. The van der Waals surface area contributed by atoms with Crippen molar-refractivity contribution in [3.05, 3.63) is 36.4 Å². The van der Waals surface area contributed by atoms with Crippen molar-refractivity contribution in [3.63, 3.8) is 0 Å². The lowest BCUT2D eigenvalue weighted by atomic mass is 10.0. The van der Waals surface area contributed by atoms with Crippen LogP contribution in [-0.4, -0.2) is 57.3 Å². The van der Waals surface area contributed by atoms with Gasteiger partial charge >= 0.3 is 11.9 Å². The number of carboxylic acids is 2. The lowest BCUT2D eigenvalue weighted by Crippen LogP contribution is -2.43. The summed E-state index contributed by atoms with van der Waals surface area (Å²) >= 11 is 1.67. The third-order valence-corrected chi connectivity index (χ3v) is 5.89. The lowest BCUT2D eigenvalue weighted by molar-refractivity contribution is -0.134. The van der Waals surface area contributed by atoms with Crippen molar-refractivity contribution in [2.75, 3.05) is 7.05 Å². The van der Waals surface area contributed by atoms with Crippen molar-refractivity contribution in [2.45, 2.75) is 43.9 Å². The second-order valence-corrected chi connectivity index (χ2v) is 7.71. The maximum absolute atomic E-state index is 9.55. The number of carbonyl (C=O) groups is 2. The summed E-state index contributed by atoms with van der Waals surface area (Å²) in [6, 6.07) is 9.69.